The van der Waals surface area contributed by atoms with Crippen molar-refractivity contribution in [3.63, 3.8) is 0 Å². The van der Waals surface area contributed by atoms with Crippen molar-refractivity contribution in [1.82, 2.24) is 14.5 Å². The lowest BCUT2D eigenvalue weighted by molar-refractivity contribution is 0.241. The molecule has 0 atom stereocenters. The molecule has 1 heterocycles. The average molecular weight is 503 g/mol. The molecule has 0 aliphatic heterocycles. The van der Waals surface area contributed by atoms with Crippen molar-refractivity contribution in [3.05, 3.63) is 112 Å². The van der Waals surface area contributed by atoms with Gasteiger partial charge in [0.05, 0.1) is 11.9 Å². The summed E-state index contributed by atoms with van der Waals surface area (Å²) in [7, 11) is 0. The van der Waals surface area contributed by atoms with E-state index in [2.05, 4.69) is 124 Å². The van der Waals surface area contributed by atoms with E-state index in [0.717, 1.165) is 44.8 Å². The van der Waals surface area contributed by atoms with E-state index in [9.17, 15) is 0 Å². The van der Waals surface area contributed by atoms with Crippen molar-refractivity contribution < 1.29 is 0 Å². The van der Waals surface area contributed by atoms with Gasteiger partial charge in [0.1, 0.15) is 5.82 Å². The number of aromatic nitrogens is 2. The lowest BCUT2D eigenvalue weighted by Gasteiger charge is -2.24. The third-order valence-corrected chi connectivity index (χ3v) is 6.84. The fraction of sp³-hybridized carbons (Fsp3) is 0.276. The molecular weight excluding hydrogens is 470 g/mol. The summed E-state index contributed by atoms with van der Waals surface area (Å²) < 4.78 is 3.58. The molecule has 0 spiro atoms. The van der Waals surface area contributed by atoms with Gasteiger partial charge >= 0.3 is 0 Å². The summed E-state index contributed by atoms with van der Waals surface area (Å²) in [5.41, 5.74) is 6.35. The Balaban J connectivity index is 1.64. The summed E-state index contributed by atoms with van der Waals surface area (Å²) in [5, 5.41) is 0. The Morgan fingerprint density at radius 3 is 2.24 bits per heavy atom. The molecule has 3 aromatic carbocycles. The highest BCUT2D eigenvalue weighted by Gasteiger charge is 2.16. The molecule has 0 aliphatic carbocycles. The smallest absolute Gasteiger partial charge is 0.140 e. The summed E-state index contributed by atoms with van der Waals surface area (Å²) in [6.45, 7) is 8.00. The zero-order chi connectivity index (χ0) is 23.0. The first-order valence-electron chi connectivity index (χ1n) is 11.7. The zero-order valence-electron chi connectivity index (χ0n) is 19.5. The first-order valence-corrected chi connectivity index (χ1v) is 12.5. The van der Waals surface area contributed by atoms with Gasteiger partial charge < -0.3 is 4.57 Å². The summed E-state index contributed by atoms with van der Waals surface area (Å²) in [5.74, 6) is 1.07. The van der Waals surface area contributed by atoms with Crippen molar-refractivity contribution in [2.75, 3.05) is 0 Å². The van der Waals surface area contributed by atoms with Gasteiger partial charge in [0.15, 0.2) is 0 Å². The van der Waals surface area contributed by atoms with Crippen LogP contribution in [0.25, 0.3) is 11.4 Å². The number of hydrogen-bond acceptors (Lipinski definition) is 2. The first kappa shape index (κ1) is 23.5. The molecule has 0 radical (unpaired) electrons. The zero-order valence-corrected chi connectivity index (χ0v) is 21.1. The number of imidazole rings is 1. The second kappa shape index (κ2) is 11.4. The van der Waals surface area contributed by atoms with Gasteiger partial charge in [-0.2, -0.15) is 0 Å². The minimum Gasteiger partial charge on any atom is -0.327 e. The highest BCUT2D eigenvalue weighted by Crippen LogP contribution is 2.24. The van der Waals surface area contributed by atoms with E-state index >= 15 is 0 Å². The molecule has 0 amide bonds. The third kappa shape index (κ3) is 6.21. The van der Waals surface area contributed by atoms with E-state index < -0.39 is 0 Å². The Labute approximate surface area is 206 Å². The largest absolute Gasteiger partial charge is 0.327 e. The van der Waals surface area contributed by atoms with Crippen LogP contribution in [0.2, 0.25) is 0 Å². The molecule has 0 bridgehead atoms. The van der Waals surface area contributed by atoms with Crippen LogP contribution < -0.4 is 0 Å². The maximum atomic E-state index is 4.86. The first-order chi connectivity index (χ1) is 16.1. The highest BCUT2D eigenvalue weighted by atomic mass is 79.9. The monoisotopic (exact) mass is 501 g/mol. The Hall–Kier alpha value is -2.69. The standard InChI is InChI=1S/C29H32BrN3/c1-3-4-17-33-27(19-31-29(33)26-13-9-6-10-14-26)22-32(20-24-11-7-5-8-12-24)21-25-16-15-23(2)28(30)18-25/h5-16,18-19H,3-4,17,20-22H2,1-2H3. The van der Waals surface area contributed by atoms with Gasteiger partial charge in [-0.25, -0.2) is 4.98 Å². The van der Waals surface area contributed by atoms with E-state index in [4.69, 9.17) is 4.98 Å². The number of unbranched alkanes of at least 4 members (excludes halogenated alkanes) is 1. The van der Waals surface area contributed by atoms with Gasteiger partial charge in [-0.15, -0.1) is 0 Å². The minimum atomic E-state index is 0.851. The number of hydrogen-bond donors (Lipinski definition) is 0. The van der Waals surface area contributed by atoms with Crippen molar-refractivity contribution in [2.45, 2.75) is 52.9 Å². The van der Waals surface area contributed by atoms with Crippen molar-refractivity contribution >= 4 is 15.9 Å². The number of nitrogens with zero attached hydrogens (tertiary/aromatic N) is 3. The summed E-state index contributed by atoms with van der Waals surface area (Å²) in [4.78, 5) is 7.38. The molecule has 33 heavy (non-hydrogen) atoms. The third-order valence-electron chi connectivity index (χ3n) is 5.98. The highest BCUT2D eigenvalue weighted by molar-refractivity contribution is 9.10. The molecule has 0 unspecified atom stereocenters. The minimum absolute atomic E-state index is 0.851. The topological polar surface area (TPSA) is 21.1 Å². The molecule has 4 aromatic rings. The van der Waals surface area contributed by atoms with Crippen LogP contribution in [-0.4, -0.2) is 14.5 Å². The van der Waals surface area contributed by atoms with Gasteiger partial charge in [-0.1, -0.05) is 102 Å². The van der Waals surface area contributed by atoms with Crippen LogP contribution >= 0.6 is 15.9 Å². The number of aryl methyl sites for hydroxylation is 1. The molecular formula is C29H32BrN3. The molecule has 0 saturated heterocycles. The lowest BCUT2D eigenvalue weighted by Crippen LogP contribution is -2.24. The van der Waals surface area contributed by atoms with E-state index in [1.54, 1.807) is 0 Å². The van der Waals surface area contributed by atoms with Crippen LogP contribution in [-0.2, 0) is 26.2 Å². The van der Waals surface area contributed by atoms with Crippen LogP contribution in [0.4, 0.5) is 0 Å². The number of halogens is 1. The molecule has 3 nitrogen and oxygen atoms in total. The van der Waals surface area contributed by atoms with E-state index in [-0.39, 0.29) is 0 Å². The van der Waals surface area contributed by atoms with Crippen LogP contribution in [0.3, 0.4) is 0 Å². The van der Waals surface area contributed by atoms with Gasteiger partial charge in [-0.05, 0) is 36.1 Å². The Kier molecular flexibility index (Phi) is 8.14. The Bertz CT molecular complexity index is 1150. The van der Waals surface area contributed by atoms with Crippen LogP contribution in [0.1, 0.15) is 42.1 Å². The van der Waals surface area contributed by atoms with Gasteiger partial charge in [-0.3, -0.25) is 4.90 Å². The molecule has 0 aliphatic rings. The van der Waals surface area contributed by atoms with Gasteiger partial charge in [0, 0.05) is 36.2 Å². The lowest BCUT2D eigenvalue weighted by atomic mass is 10.1. The van der Waals surface area contributed by atoms with Gasteiger partial charge in [0.25, 0.3) is 0 Å². The summed E-state index contributed by atoms with van der Waals surface area (Å²) in [6.07, 6.45) is 4.38. The number of benzene rings is 3. The number of rotatable bonds is 10. The predicted octanol–water partition coefficient (Wildman–Crippen LogP) is 7.62. The van der Waals surface area contributed by atoms with E-state index in [1.807, 2.05) is 0 Å². The SMILES string of the molecule is CCCCn1c(CN(Cc2ccccc2)Cc2ccc(C)c(Br)c2)cnc1-c1ccccc1. The van der Waals surface area contributed by atoms with Crippen LogP contribution in [0.15, 0.2) is 89.5 Å². The second-order valence-corrected chi connectivity index (χ2v) is 9.51. The molecule has 4 heteroatoms. The molecule has 0 fully saturated rings. The fourth-order valence-electron chi connectivity index (χ4n) is 4.15. The second-order valence-electron chi connectivity index (χ2n) is 8.66. The van der Waals surface area contributed by atoms with Crippen molar-refractivity contribution in [1.29, 1.82) is 0 Å². The van der Waals surface area contributed by atoms with Crippen LogP contribution in [0, 0.1) is 6.92 Å². The normalized spacial score (nSPS) is 11.3. The van der Waals surface area contributed by atoms with Crippen LogP contribution in [0.5, 0.6) is 0 Å². The summed E-state index contributed by atoms with van der Waals surface area (Å²) in [6, 6.07) is 28.0. The van der Waals surface area contributed by atoms with Crippen molar-refractivity contribution in [3.8, 4) is 11.4 Å². The molecule has 4 rings (SSSR count). The summed E-state index contributed by atoms with van der Waals surface area (Å²) >= 11 is 3.71. The quantitative estimate of drug-likeness (QED) is 0.222. The molecule has 170 valence electrons. The molecule has 0 saturated carbocycles. The predicted molar refractivity (Wildman–Crippen MR) is 141 cm³/mol. The maximum Gasteiger partial charge on any atom is 0.140 e. The van der Waals surface area contributed by atoms with Crippen molar-refractivity contribution in [2.24, 2.45) is 0 Å². The fourth-order valence-corrected chi connectivity index (χ4v) is 4.58. The maximum absolute atomic E-state index is 4.86. The van der Waals surface area contributed by atoms with Gasteiger partial charge in [0.2, 0.25) is 0 Å². The van der Waals surface area contributed by atoms with E-state index in [0.29, 0.717) is 0 Å². The molecule has 1 aromatic heterocycles. The molecule has 0 N–H and O–H groups in total. The van der Waals surface area contributed by atoms with E-state index in [1.165, 1.54) is 32.4 Å². The average Bonchev–Trinajstić information content (AvgIpc) is 3.23. The Morgan fingerprint density at radius 2 is 1.55 bits per heavy atom. The Morgan fingerprint density at radius 1 is 0.848 bits per heavy atom.